The van der Waals surface area contributed by atoms with E-state index in [0.29, 0.717) is 0 Å². The SMILES string of the molecule is C[Si](C)(C)O[N-]O[Si](C)(C)C.[Zn]. The molecule has 0 radical (unpaired) electrons. The number of rotatable bonds is 4. The van der Waals surface area contributed by atoms with Gasteiger partial charge >= 0.3 is 0 Å². The fourth-order valence-electron chi connectivity index (χ4n) is 0.242. The topological polar surface area (TPSA) is 32.6 Å². The molecule has 0 atom stereocenters. The molecule has 0 N–H and O–H groups in total. The van der Waals surface area contributed by atoms with E-state index in [-0.39, 0.29) is 19.5 Å². The van der Waals surface area contributed by atoms with Crippen molar-refractivity contribution < 1.29 is 28.5 Å². The third-order valence-electron chi connectivity index (χ3n) is 0.622. The Kier molecular flexibility index (Phi) is 7.22. The molecule has 70 valence electrons. The Balaban J connectivity index is 0. The minimum absolute atomic E-state index is 0. The first-order valence-electron chi connectivity index (χ1n) is 3.77. The van der Waals surface area contributed by atoms with Crippen molar-refractivity contribution in [1.29, 1.82) is 0 Å². The van der Waals surface area contributed by atoms with Crippen molar-refractivity contribution in [1.82, 2.24) is 0 Å². The van der Waals surface area contributed by atoms with E-state index in [0.717, 1.165) is 0 Å². The van der Waals surface area contributed by atoms with Gasteiger partial charge in [-0.2, -0.15) is 0 Å². The van der Waals surface area contributed by atoms with Crippen LogP contribution in [-0.2, 0) is 28.5 Å². The van der Waals surface area contributed by atoms with Crippen molar-refractivity contribution in [2.75, 3.05) is 0 Å². The Hall–Kier alpha value is 0.937. The molecule has 0 bridgehead atoms. The maximum Gasteiger partial charge on any atom is 0.164 e. The molecule has 0 amide bonds. The molecule has 0 aromatic carbocycles. The minimum Gasteiger partial charge on any atom is -0.505 e. The fraction of sp³-hybridized carbons (Fsp3) is 1.00. The summed E-state index contributed by atoms with van der Waals surface area (Å²) in [6, 6.07) is 0. The molecule has 0 aliphatic carbocycles. The summed E-state index contributed by atoms with van der Waals surface area (Å²) in [6.07, 6.45) is 0. The van der Waals surface area contributed by atoms with Gasteiger partial charge in [-0.1, -0.05) is 0 Å². The first kappa shape index (κ1) is 15.4. The van der Waals surface area contributed by atoms with Gasteiger partial charge in [0.2, 0.25) is 0 Å². The second-order valence-electron chi connectivity index (χ2n) is 4.48. The largest absolute Gasteiger partial charge is 0.505 e. The Bertz CT molecular complexity index is 108. The fourth-order valence-corrected chi connectivity index (χ4v) is 0.839. The van der Waals surface area contributed by atoms with Crippen LogP contribution in [0.4, 0.5) is 0 Å². The first-order valence-corrected chi connectivity index (χ1v) is 10.6. The predicted octanol–water partition coefficient (Wildman–Crippen LogP) is 2.89. The average molecular weight is 258 g/mol. The van der Waals surface area contributed by atoms with Gasteiger partial charge in [-0.3, -0.25) is 0 Å². The maximum absolute atomic E-state index is 5.18. The van der Waals surface area contributed by atoms with E-state index in [1.165, 1.54) is 0 Å². The van der Waals surface area contributed by atoms with Crippen molar-refractivity contribution in [3.05, 3.63) is 5.64 Å². The molecule has 0 aliphatic rings. The molecule has 0 fully saturated rings. The molecule has 12 heavy (non-hydrogen) atoms. The number of nitrogens with zero attached hydrogens (tertiary/aromatic N) is 1. The summed E-state index contributed by atoms with van der Waals surface area (Å²) in [5.74, 6) is 0. The van der Waals surface area contributed by atoms with Crippen LogP contribution in [0, 0.1) is 0 Å². The van der Waals surface area contributed by atoms with Gasteiger partial charge in [0, 0.05) is 19.5 Å². The average Bonchev–Trinajstić information content (AvgIpc) is 1.55. The molecule has 0 spiro atoms. The molecule has 0 heterocycles. The number of hydrogen-bond donors (Lipinski definition) is 0. The summed E-state index contributed by atoms with van der Waals surface area (Å²) in [5, 5.41) is 0. The first-order chi connectivity index (χ1) is 4.71. The van der Waals surface area contributed by atoms with Gasteiger partial charge in [0.05, 0.1) is 0 Å². The molecule has 0 saturated heterocycles. The summed E-state index contributed by atoms with van der Waals surface area (Å²) < 4.78 is 10.4. The van der Waals surface area contributed by atoms with E-state index < -0.39 is 16.6 Å². The van der Waals surface area contributed by atoms with E-state index >= 15 is 0 Å². The zero-order valence-corrected chi connectivity index (χ0v) is 13.9. The second-order valence-corrected chi connectivity index (χ2v) is 13.3. The summed E-state index contributed by atoms with van der Waals surface area (Å²) in [4.78, 5) is 0. The van der Waals surface area contributed by atoms with Crippen LogP contribution in [0.25, 0.3) is 5.64 Å². The van der Waals surface area contributed by atoms with E-state index in [9.17, 15) is 0 Å². The van der Waals surface area contributed by atoms with Gasteiger partial charge in [-0.05, 0) is 39.3 Å². The maximum atomic E-state index is 5.18. The van der Waals surface area contributed by atoms with Crippen molar-refractivity contribution in [2.24, 2.45) is 0 Å². The molecule has 6 heteroatoms. The van der Waals surface area contributed by atoms with Gasteiger partial charge < -0.3 is 14.7 Å². The van der Waals surface area contributed by atoms with Gasteiger partial charge in [-0.25, -0.2) is 0 Å². The molecule has 3 nitrogen and oxygen atoms in total. The quantitative estimate of drug-likeness (QED) is 0.573. The smallest absolute Gasteiger partial charge is 0.164 e. The van der Waals surface area contributed by atoms with E-state index in [1.54, 1.807) is 0 Å². The third-order valence-corrected chi connectivity index (χ3v) is 1.87. The second kappa shape index (κ2) is 5.62. The standard InChI is InChI=1S/C6H18NO2Si2.Zn/c1-10(2,3)8-7-9-11(4,5)6;/h1-6H3;/q-1;. The van der Waals surface area contributed by atoms with Gasteiger partial charge in [0.15, 0.2) is 16.6 Å². The Labute approximate surface area is 90.1 Å². The molecule has 0 rings (SSSR count). The summed E-state index contributed by atoms with van der Waals surface area (Å²) in [7, 11) is -3.05. The van der Waals surface area contributed by atoms with E-state index in [1.807, 2.05) is 0 Å². The van der Waals surface area contributed by atoms with Crippen molar-refractivity contribution >= 4 is 16.6 Å². The van der Waals surface area contributed by atoms with Crippen molar-refractivity contribution in [3.63, 3.8) is 0 Å². The van der Waals surface area contributed by atoms with E-state index in [4.69, 9.17) is 9.05 Å². The van der Waals surface area contributed by atoms with Gasteiger partial charge in [-0.15, -0.1) is 0 Å². The predicted molar refractivity (Wildman–Crippen MR) is 52.2 cm³/mol. The molecule has 0 aromatic heterocycles. The van der Waals surface area contributed by atoms with Crippen molar-refractivity contribution in [2.45, 2.75) is 39.3 Å². The zero-order valence-electron chi connectivity index (χ0n) is 8.97. The van der Waals surface area contributed by atoms with E-state index in [2.05, 4.69) is 44.9 Å². The van der Waals surface area contributed by atoms with Crippen LogP contribution >= 0.6 is 0 Å². The van der Waals surface area contributed by atoms with Crippen molar-refractivity contribution in [3.8, 4) is 0 Å². The van der Waals surface area contributed by atoms with Crippen LogP contribution in [0.5, 0.6) is 0 Å². The monoisotopic (exact) mass is 256 g/mol. The number of hydrogen-bond acceptors (Lipinski definition) is 2. The normalized spacial score (nSPS) is 12.5. The Morgan fingerprint density at radius 2 is 1.00 bits per heavy atom. The minimum atomic E-state index is -1.53. The van der Waals surface area contributed by atoms with Crippen LogP contribution in [0.3, 0.4) is 0 Å². The molecule has 0 aromatic rings. The molecule has 0 unspecified atom stereocenters. The zero-order chi connectivity index (χ0) is 9.12. The summed E-state index contributed by atoms with van der Waals surface area (Å²) >= 11 is 0. The van der Waals surface area contributed by atoms with Crippen LogP contribution in [-0.4, -0.2) is 16.6 Å². The van der Waals surface area contributed by atoms with Crippen LogP contribution in [0.1, 0.15) is 0 Å². The molecular formula is C6H18NO2Si2Zn-. The van der Waals surface area contributed by atoms with Gasteiger partial charge in [0.1, 0.15) is 0 Å². The molecular weight excluding hydrogens is 240 g/mol. The molecule has 0 aliphatic heterocycles. The van der Waals surface area contributed by atoms with Crippen LogP contribution < -0.4 is 0 Å². The Morgan fingerprint density at radius 1 is 0.750 bits per heavy atom. The Morgan fingerprint density at radius 3 is 1.17 bits per heavy atom. The third kappa shape index (κ3) is 13.5. The van der Waals surface area contributed by atoms with Gasteiger partial charge in [0.25, 0.3) is 0 Å². The van der Waals surface area contributed by atoms with Crippen LogP contribution in [0.2, 0.25) is 39.3 Å². The summed E-state index contributed by atoms with van der Waals surface area (Å²) in [5.41, 5.74) is 3.64. The van der Waals surface area contributed by atoms with Crippen LogP contribution in [0.15, 0.2) is 0 Å². The molecule has 0 saturated carbocycles. The summed E-state index contributed by atoms with van der Waals surface area (Å²) in [6.45, 7) is 12.4.